The lowest BCUT2D eigenvalue weighted by Gasteiger charge is -2.11. The lowest BCUT2D eigenvalue weighted by atomic mass is 10.1. The number of halogens is 4. The lowest BCUT2D eigenvalue weighted by Crippen LogP contribution is -2.07. The monoisotopic (exact) mass is 238 g/mol. The van der Waals surface area contributed by atoms with Gasteiger partial charge in [-0.3, -0.25) is 4.79 Å². The van der Waals surface area contributed by atoms with Crippen LogP contribution in [0.4, 0.5) is 13.2 Å². The van der Waals surface area contributed by atoms with Crippen LogP contribution in [0.15, 0.2) is 12.1 Å². The minimum atomic E-state index is -4.58. The van der Waals surface area contributed by atoms with Crippen LogP contribution in [-0.4, -0.2) is 13.4 Å². The number of benzene rings is 1. The number of rotatable bonds is 2. The van der Waals surface area contributed by atoms with Crippen molar-refractivity contribution in [2.45, 2.75) is 6.18 Å². The van der Waals surface area contributed by atoms with Crippen molar-refractivity contribution >= 4 is 17.9 Å². The first kappa shape index (κ1) is 11.8. The van der Waals surface area contributed by atoms with Gasteiger partial charge in [-0.1, -0.05) is 11.6 Å². The second kappa shape index (κ2) is 4.10. The summed E-state index contributed by atoms with van der Waals surface area (Å²) in [6.45, 7) is 0. The summed E-state index contributed by atoms with van der Waals surface area (Å²) in [6.07, 6.45) is -4.30. The minimum absolute atomic E-state index is 0.0167. The number of carbonyl (C=O) groups excluding carboxylic acids is 1. The van der Waals surface area contributed by atoms with E-state index >= 15 is 0 Å². The molecule has 0 aliphatic carbocycles. The largest absolute Gasteiger partial charge is 0.496 e. The van der Waals surface area contributed by atoms with Gasteiger partial charge in [-0.15, -0.1) is 0 Å². The molecular formula is C9H6ClF3O2. The Morgan fingerprint density at radius 1 is 1.40 bits per heavy atom. The van der Waals surface area contributed by atoms with E-state index in [1.807, 2.05) is 0 Å². The van der Waals surface area contributed by atoms with Gasteiger partial charge in [-0.05, 0) is 6.07 Å². The Morgan fingerprint density at radius 3 is 2.40 bits per heavy atom. The molecule has 6 heteroatoms. The molecule has 0 N–H and O–H groups in total. The van der Waals surface area contributed by atoms with Gasteiger partial charge in [0.25, 0.3) is 0 Å². The summed E-state index contributed by atoms with van der Waals surface area (Å²) in [4.78, 5) is 10.5. The van der Waals surface area contributed by atoms with Crippen LogP contribution < -0.4 is 4.74 Å². The Balaban J connectivity index is 3.39. The highest BCUT2D eigenvalue weighted by molar-refractivity contribution is 6.31. The van der Waals surface area contributed by atoms with Gasteiger partial charge in [0, 0.05) is 6.07 Å². The molecule has 0 saturated heterocycles. The predicted molar refractivity (Wildman–Crippen MR) is 48.4 cm³/mol. The van der Waals surface area contributed by atoms with Gasteiger partial charge in [0.15, 0.2) is 6.29 Å². The van der Waals surface area contributed by atoms with Crippen LogP contribution in [0.3, 0.4) is 0 Å². The van der Waals surface area contributed by atoms with Crippen molar-refractivity contribution in [3.63, 3.8) is 0 Å². The molecule has 82 valence electrons. The van der Waals surface area contributed by atoms with E-state index in [1.165, 1.54) is 7.11 Å². The van der Waals surface area contributed by atoms with E-state index in [0.29, 0.717) is 6.07 Å². The standard InChI is InChI=1S/C9H6ClF3O2/c1-15-8-3-7(10)6(9(11,12)13)2-5(8)4-14/h2-4H,1H3. The molecule has 0 unspecified atom stereocenters. The average molecular weight is 239 g/mol. The van der Waals surface area contributed by atoms with Crippen LogP contribution in [-0.2, 0) is 6.18 Å². The summed E-state index contributed by atoms with van der Waals surface area (Å²) < 4.78 is 41.8. The Bertz CT molecular complexity index is 388. The zero-order valence-electron chi connectivity index (χ0n) is 7.56. The van der Waals surface area contributed by atoms with E-state index in [9.17, 15) is 18.0 Å². The van der Waals surface area contributed by atoms with Gasteiger partial charge in [0.1, 0.15) is 5.75 Å². The van der Waals surface area contributed by atoms with Crippen molar-refractivity contribution in [3.8, 4) is 5.75 Å². The molecule has 15 heavy (non-hydrogen) atoms. The van der Waals surface area contributed by atoms with Crippen molar-refractivity contribution in [1.82, 2.24) is 0 Å². The smallest absolute Gasteiger partial charge is 0.417 e. The zero-order valence-corrected chi connectivity index (χ0v) is 8.32. The SMILES string of the molecule is COc1cc(Cl)c(C(F)(F)F)cc1C=O. The first-order chi connectivity index (χ1) is 6.90. The van der Waals surface area contributed by atoms with Gasteiger partial charge in [-0.2, -0.15) is 13.2 Å². The normalized spacial score (nSPS) is 11.3. The fraction of sp³-hybridized carbons (Fsp3) is 0.222. The quantitative estimate of drug-likeness (QED) is 0.740. The molecule has 0 atom stereocenters. The number of ether oxygens (including phenoxy) is 1. The van der Waals surface area contributed by atoms with Crippen molar-refractivity contribution in [3.05, 3.63) is 28.3 Å². The minimum Gasteiger partial charge on any atom is -0.496 e. The molecule has 0 spiro atoms. The third-order valence-electron chi connectivity index (χ3n) is 1.75. The van der Waals surface area contributed by atoms with E-state index < -0.39 is 16.8 Å². The maximum absolute atomic E-state index is 12.4. The molecule has 0 amide bonds. The summed E-state index contributed by atoms with van der Waals surface area (Å²) >= 11 is 5.41. The molecule has 1 rings (SSSR count). The van der Waals surface area contributed by atoms with Crippen LogP contribution >= 0.6 is 11.6 Å². The zero-order chi connectivity index (χ0) is 11.6. The van der Waals surface area contributed by atoms with Crippen LogP contribution in [0.25, 0.3) is 0 Å². The van der Waals surface area contributed by atoms with Gasteiger partial charge < -0.3 is 4.74 Å². The molecule has 0 heterocycles. The number of carbonyl (C=O) groups is 1. The van der Waals surface area contributed by atoms with E-state index in [-0.39, 0.29) is 17.6 Å². The topological polar surface area (TPSA) is 26.3 Å². The number of methoxy groups -OCH3 is 1. The Labute approximate surface area is 88.6 Å². The molecular weight excluding hydrogens is 233 g/mol. The van der Waals surface area contributed by atoms with Gasteiger partial charge in [0.2, 0.25) is 0 Å². The molecule has 0 aliphatic rings. The first-order valence-corrected chi connectivity index (χ1v) is 4.18. The molecule has 0 fully saturated rings. The third-order valence-corrected chi connectivity index (χ3v) is 2.06. The molecule has 1 aromatic rings. The Morgan fingerprint density at radius 2 is 2.00 bits per heavy atom. The summed E-state index contributed by atoms with van der Waals surface area (Å²) in [7, 11) is 1.24. The van der Waals surface area contributed by atoms with Crippen LogP contribution in [0.2, 0.25) is 5.02 Å². The highest BCUT2D eigenvalue weighted by Crippen LogP contribution is 2.37. The number of alkyl halides is 3. The van der Waals surface area contributed by atoms with Crippen LogP contribution in [0.5, 0.6) is 5.75 Å². The fourth-order valence-electron chi connectivity index (χ4n) is 1.06. The van der Waals surface area contributed by atoms with Crippen LogP contribution in [0, 0.1) is 0 Å². The molecule has 0 aliphatic heterocycles. The van der Waals surface area contributed by atoms with E-state index in [0.717, 1.165) is 6.07 Å². The Kier molecular flexibility index (Phi) is 3.24. The second-order valence-electron chi connectivity index (χ2n) is 2.69. The van der Waals surface area contributed by atoms with Crippen molar-refractivity contribution in [1.29, 1.82) is 0 Å². The summed E-state index contributed by atoms with van der Waals surface area (Å²) in [5, 5.41) is -0.495. The highest BCUT2D eigenvalue weighted by atomic mass is 35.5. The summed E-state index contributed by atoms with van der Waals surface area (Å²) in [5.41, 5.74) is -1.23. The third kappa shape index (κ3) is 2.41. The number of hydrogen-bond donors (Lipinski definition) is 0. The van der Waals surface area contributed by atoms with Crippen molar-refractivity contribution in [2.24, 2.45) is 0 Å². The molecule has 0 bridgehead atoms. The first-order valence-electron chi connectivity index (χ1n) is 3.80. The molecule has 0 radical (unpaired) electrons. The van der Waals surface area contributed by atoms with Crippen LogP contribution in [0.1, 0.15) is 15.9 Å². The van der Waals surface area contributed by atoms with E-state index in [2.05, 4.69) is 0 Å². The number of aldehydes is 1. The van der Waals surface area contributed by atoms with Gasteiger partial charge in [0.05, 0.1) is 23.3 Å². The van der Waals surface area contributed by atoms with E-state index in [1.54, 1.807) is 0 Å². The number of hydrogen-bond acceptors (Lipinski definition) is 2. The van der Waals surface area contributed by atoms with Gasteiger partial charge >= 0.3 is 6.18 Å². The molecule has 0 saturated carbocycles. The second-order valence-corrected chi connectivity index (χ2v) is 3.10. The fourth-order valence-corrected chi connectivity index (χ4v) is 1.32. The average Bonchev–Trinajstić information content (AvgIpc) is 2.15. The van der Waals surface area contributed by atoms with Crippen molar-refractivity contribution in [2.75, 3.05) is 7.11 Å². The maximum Gasteiger partial charge on any atom is 0.417 e. The van der Waals surface area contributed by atoms with Crippen molar-refractivity contribution < 1.29 is 22.7 Å². The van der Waals surface area contributed by atoms with E-state index in [4.69, 9.17) is 16.3 Å². The lowest BCUT2D eigenvalue weighted by molar-refractivity contribution is -0.137. The molecule has 2 nitrogen and oxygen atoms in total. The predicted octanol–water partition coefficient (Wildman–Crippen LogP) is 3.18. The Hall–Kier alpha value is -1.23. The molecule has 1 aromatic carbocycles. The maximum atomic E-state index is 12.4. The molecule has 0 aromatic heterocycles. The summed E-state index contributed by atoms with van der Waals surface area (Å²) in [6, 6.07) is 1.63. The summed E-state index contributed by atoms with van der Waals surface area (Å²) in [5.74, 6) is 0.0167. The van der Waals surface area contributed by atoms with Gasteiger partial charge in [-0.25, -0.2) is 0 Å². The highest BCUT2D eigenvalue weighted by Gasteiger charge is 2.34.